The summed E-state index contributed by atoms with van der Waals surface area (Å²) < 4.78 is 1.74. The smallest absolute Gasteiger partial charge is 0.274 e. The fourth-order valence-corrected chi connectivity index (χ4v) is 2.41. The van der Waals surface area contributed by atoms with Crippen LogP contribution in [0, 0.1) is 27.7 Å². The zero-order chi connectivity index (χ0) is 15.9. The van der Waals surface area contributed by atoms with Crippen LogP contribution in [0.4, 0.5) is 5.69 Å². The molecule has 0 unspecified atom stereocenters. The Hall–Kier alpha value is -2.69. The first kappa shape index (κ1) is 14.3. The summed E-state index contributed by atoms with van der Waals surface area (Å²) in [5, 5.41) is 7.28. The van der Waals surface area contributed by atoms with Crippen LogP contribution in [0.1, 0.15) is 33.0 Å². The van der Waals surface area contributed by atoms with Gasteiger partial charge < -0.3 is 5.32 Å². The second-order valence-electron chi connectivity index (χ2n) is 5.61. The van der Waals surface area contributed by atoms with Gasteiger partial charge in [-0.05, 0) is 51.0 Å². The van der Waals surface area contributed by atoms with E-state index in [0.717, 1.165) is 28.2 Å². The summed E-state index contributed by atoms with van der Waals surface area (Å²) in [7, 11) is 0. The highest BCUT2D eigenvalue weighted by atomic mass is 16.1. The zero-order valence-electron chi connectivity index (χ0n) is 13.1. The monoisotopic (exact) mass is 294 g/mol. The number of fused-ring (bicyclic) bond motifs is 1. The molecular weight excluding hydrogens is 276 g/mol. The molecule has 0 fully saturated rings. The van der Waals surface area contributed by atoms with Gasteiger partial charge >= 0.3 is 0 Å². The highest BCUT2D eigenvalue weighted by molar-refractivity contribution is 6.03. The number of hydrogen-bond acceptors (Lipinski definition) is 3. The fraction of sp³-hybridized carbons (Fsp3) is 0.235. The van der Waals surface area contributed by atoms with Crippen molar-refractivity contribution in [2.24, 2.45) is 0 Å². The second-order valence-corrected chi connectivity index (χ2v) is 5.61. The summed E-state index contributed by atoms with van der Waals surface area (Å²) in [6.45, 7) is 7.79. The van der Waals surface area contributed by atoms with Gasteiger partial charge in [-0.1, -0.05) is 12.1 Å². The average Bonchev–Trinajstić information content (AvgIpc) is 2.84. The molecule has 0 radical (unpaired) electrons. The molecule has 0 atom stereocenters. The van der Waals surface area contributed by atoms with E-state index >= 15 is 0 Å². The minimum atomic E-state index is -0.210. The molecule has 1 amide bonds. The van der Waals surface area contributed by atoms with Gasteiger partial charge in [0.25, 0.3) is 5.91 Å². The van der Waals surface area contributed by atoms with Crippen LogP contribution < -0.4 is 5.32 Å². The van der Waals surface area contributed by atoms with E-state index in [2.05, 4.69) is 15.4 Å². The molecule has 0 aliphatic heterocycles. The maximum atomic E-state index is 12.5. The van der Waals surface area contributed by atoms with Crippen molar-refractivity contribution in [1.29, 1.82) is 0 Å². The van der Waals surface area contributed by atoms with Crippen molar-refractivity contribution in [3.8, 4) is 0 Å². The maximum absolute atomic E-state index is 12.5. The molecule has 5 nitrogen and oxygen atoms in total. The number of benzene rings is 1. The Bertz CT molecular complexity index is 880. The van der Waals surface area contributed by atoms with E-state index in [1.807, 2.05) is 52.0 Å². The van der Waals surface area contributed by atoms with Gasteiger partial charge in [-0.15, -0.1) is 0 Å². The van der Waals surface area contributed by atoms with Gasteiger partial charge in [-0.3, -0.25) is 4.79 Å². The standard InChI is InChI=1S/C17H18N4O/c1-10-5-6-11(2)14(7-10)19-17(22)15-9-13(4)21-16(18-15)8-12(3)20-21/h5-9H,1-4H3,(H,19,22). The van der Waals surface area contributed by atoms with Crippen LogP contribution in [0.15, 0.2) is 30.3 Å². The van der Waals surface area contributed by atoms with Gasteiger partial charge in [-0.2, -0.15) is 5.10 Å². The van der Waals surface area contributed by atoms with E-state index in [1.165, 1.54) is 0 Å². The highest BCUT2D eigenvalue weighted by Gasteiger charge is 2.13. The average molecular weight is 294 g/mol. The van der Waals surface area contributed by atoms with E-state index in [1.54, 1.807) is 10.6 Å². The van der Waals surface area contributed by atoms with Crippen LogP contribution in [-0.2, 0) is 0 Å². The normalized spacial score (nSPS) is 10.9. The van der Waals surface area contributed by atoms with Crippen molar-refractivity contribution in [2.45, 2.75) is 27.7 Å². The summed E-state index contributed by atoms with van der Waals surface area (Å²) in [5.41, 5.74) is 5.78. The number of nitrogens with zero attached hydrogens (tertiary/aromatic N) is 3. The first-order valence-corrected chi connectivity index (χ1v) is 7.16. The Morgan fingerprint density at radius 3 is 2.64 bits per heavy atom. The lowest BCUT2D eigenvalue weighted by molar-refractivity contribution is 0.102. The van der Waals surface area contributed by atoms with Crippen LogP contribution in [0.5, 0.6) is 0 Å². The van der Waals surface area contributed by atoms with Gasteiger partial charge in [-0.25, -0.2) is 9.50 Å². The molecule has 0 aliphatic carbocycles. The fourth-order valence-electron chi connectivity index (χ4n) is 2.41. The molecule has 1 N–H and O–H groups in total. The number of hydrogen-bond donors (Lipinski definition) is 1. The Kier molecular flexibility index (Phi) is 3.41. The predicted octanol–water partition coefficient (Wildman–Crippen LogP) is 3.22. The molecule has 0 saturated heterocycles. The van der Waals surface area contributed by atoms with Crippen molar-refractivity contribution in [3.63, 3.8) is 0 Å². The van der Waals surface area contributed by atoms with Crippen molar-refractivity contribution in [1.82, 2.24) is 14.6 Å². The summed E-state index contributed by atoms with van der Waals surface area (Å²) in [4.78, 5) is 16.9. The predicted molar refractivity (Wildman–Crippen MR) is 86.3 cm³/mol. The van der Waals surface area contributed by atoms with E-state index in [-0.39, 0.29) is 5.91 Å². The number of carbonyl (C=O) groups excluding carboxylic acids is 1. The van der Waals surface area contributed by atoms with Gasteiger partial charge in [0.15, 0.2) is 5.65 Å². The third-order valence-electron chi connectivity index (χ3n) is 3.60. The van der Waals surface area contributed by atoms with E-state index < -0.39 is 0 Å². The van der Waals surface area contributed by atoms with Crippen molar-refractivity contribution >= 4 is 17.2 Å². The van der Waals surface area contributed by atoms with Crippen LogP contribution in [0.3, 0.4) is 0 Å². The summed E-state index contributed by atoms with van der Waals surface area (Å²) in [6, 6.07) is 9.59. The molecule has 3 aromatic rings. The summed E-state index contributed by atoms with van der Waals surface area (Å²) >= 11 is 0. The molecule has 22 heavy (non-hydrogen) atoms. The van der Waals surface area contributed by atoms with Gasteiger partial charge in [0.2, 0.25) is 0 Å². The lowest BCUT2D eigenvalue weighted by Crippen LogP contribution is -2.16. The molecule has 2 heterocycles. The Morgan fingerprint density at radius 2 is 1.86 bits per heavy atom. The molecule has 5 heteroatoms. The molecule has 1 aromatic carbocycles. The summed E-state index contributed by atoms with van der Waals surface area (Å²) in [6.07, 6.45) is 0. The van der Waals surface area contributed by atoms with Gasteiger partial charge in [0, 0.05) is 17.4 Å². The van der Waals surface area contributed by atoms with Crippen molar-refractivity contribution in [3.05, 3.63) is 58.5 Å². The number of amides is 1. The molecule has 0 spiro atoms. The Labute approximate surface area is 129 Å². The second kappa shape index (κ2) is 5.26. The SMILES string of the molecule is Cc1ccc(C)c(NC(=O)c2cc(C)n3nc(C)cc3n2)c1. The number of aryl methyl sites for hydroxylation is 4. The number of nitrogens with one attached hydrogen (secondary N) is 1. The van der Waals surface area contributed by atoms with E-state index in [9.17, 15) is 4.79 Å². The Morgan fingerprint density at radius 1 is 1.09 bits per heavy atom. The molecule has 3 rings (SSSR count). The number of aromatic nitrogens is 3. The third-order valence-corrected chi connectivity index (χ3v) is 3.60. The quantitative estimate of drug-likeness (QED) is 0.789. The van der Waals surface area contributed by atoms with Crippen LogP contribution in [0.25, 0.3) is 5.65 Å². The third kappa shape index (κ3) is 2.57. The van der Waals surface area contributed by atoms with Crippen LogP contribution in [-0.4, -0.2) is 20.5 Å². The van der Waals surface area contributed by atoms with Crippen molar-refractivity contribution < 1.29 is 4.79 Å². The summed E-state index contributed by atoms with van der Waals surface area (Å²) in [5.74, 6) is -0.210. The zero-order valence-corrected chi connectivity index (χ0v) is 13.1. The maximum Gasteiger partial charge on any atom is 0.274 e. The molecule has 2 aromatic heterocycles. The molecule has 0 bridgehead atoms. The molecule has 0 saturated carbocycles. The first-order chi connectivity index (χ1) is 10.4. The molecule has 0 aliphatic rings. The van der Waals surface area contributed by atoms with Gasteiger partial charge in [0.05, 0.1) is 5.69 Å². The van der Waals surface area contributed by atoms with E-state index in [4.69, 9.17) is 0 Å². The largest absolute Gasteiger partial charge is 0.320 e. The molecule has 112 valence electrons. The molecular formula is C17H18N4O. The lowest BCUT2D eigenvalue weighted by atomic mass is 10.1. The topological polar surface area (TPSA) is 59.3 Å². The van der Waals surface area contributed by atoms with E-state index in [0.29, 0.717) is 11.3 Å². The van der Waals surface area contributed by atoms with Crippen molar-refractivity contribution in [2.75, 3.05) is 5.32 Å². The minimum Gasteiger partial charge on any atom is -0.320 e. The van der Waals surface area contributed by atoms with Crippen LogP contribution >= 0.6 is 0 Å². The number of anilines is 1. The van der Waals surface area contributed by atoms with Crippen LogP contribution in [0.2, 0.25) is 0 Å². The number of rotatable bonds is 2. The minimum absolute atomic E-state index is 0.210. The lowest BCUT2D eigenvalue weighted by Gasteiger charge is -2.10. The highest BCUT2D eigenvalue weighted by Crippen LogP contribution is 2.18. The van der Waals surface area contributed by atoms with Gasteiger partial charge in [0.1, 0.15) is 5.69 Å². The Balaban J connectivity index is 1.96. The first-order valence-electron chi connectivity index (χ1n) is 7.16. The number of carbonyl (C=O) groups is 1.